The Kier molecular flexibility index (Phi) is 4.80. The molecule has 1 heterocycles. The first-order valence-electron chi connectivity index (χ1n) is 10.4. The molecule has 1 heteroatoms. The van der Waals surface area contributed by atoms with Gasteiger partial charge >= 0.3 is 0 Å². The molecule has 0 saturated heterocycles. The van der Waals surface area contributed by atoms with Crippen LogP contribution in [0.5, 0.6) is 0 Å². The van der Waals surface area contributed by atoms with Gasteiger partial charge in [-0.2, -0.15) is 0 Å². The van der Waals surface area contributed by atoms with Gasteiger partial charge in [-0.3, -0.25) is 0 Å². The number of hydrogen-bond acceptors (Lipinski definition) is 0. The minimum Gasteiger partial charge on any atom is -0.200 e. The van der Waals surface area contributed by atoms with E-state index in [-0.39, 0.29) is 0 Å². The summed E-state index contributed by atoms with van der Waals surface area (Å²) in [5, 5.41) is 2.79. The molecule has 1 nitrogen and oxygen atoms in total. The summed E-state index contributed by atoms with van der Waals surface area (Å²) in [4.78, 5) is 0. The maximum absolute atomic E-state index is 2.46. The summed E-state index contributed by atoms with van der Waals surface area (Å²) >= 11 is 0. The van der Waals surface area contributed by atoms with E-state index >= 15 is 0 Å². The molecule has 0 spiro atoms. The van der Waals surface area contributed by atoms with E-state index in [1.54, 1.807) is 0 Å². The summed E-state index contributed by atoms with van der Waals surface area (Å²) < 4.78 is 2.32. The Morgan fingerprint density at radius 2 is 1.63 bits per heavy atom. The topological polar surface area (TPSA) is 3.88 Å². The first-order chi connectivity index (χ1) is 12.9. The lowest BCUT2D eigenvalue weighted by Gasteiger charge is -2.14. The van der Waals surface area contributed by atoms with Gasteiger partial charge in [0.1, 0.15) is 7.05 Å². The van der Waals surface area contributed by atoms with Gasteiger partial charge in [-0.25, -0.2) is 4.57 Å². The molecular formula is C26H32N+. The number of nitrogens with zero attached hydrogens (tertiary/aromatic N) is 1. The molecule has 0 radical (unpaired) electrons. The molecule has 1 aromatic heterocycles. The van der Waals surface area contributed by atoms with E-state index in [0.717, 1.165) is 5.92 Å². The Bertz CT molecular complexity index is 1010. The van der Waals surface area contributed by atoms with Gasteiger partial charge in [0.05, 0.1) is 10.9 Å². The highest BCUT2D eigenvalue weighted by Gasteiger charge is 2.21. The molecule has 0 N–H and O–H groups in total. The van der Waals surface area contributed by atoms with Gasteiger partial charge in [0, 0.05) is 5.56 Å². The molecule has 0 bridgehead atoms. The van der Waals surface area contributed by atoms with E-state index in [1.807, 2.05) is 0 Å². The van der Waals surface area contributed by atoms with Crippen LogP contribution < -0.4 is 4.57 Å². The third kappa shape index (κ3) is 3.40. The quantitative estimate of drug-likeness (QED) is 0.484. The van der Waals surface area contributed by atoms with Gasteiger partial charge in [0.25, 0.3) is 0 Å². The number of rotatable bonds is 3. The van der Waals surface area contributed by atoms with Crippen LogP contribution in [0.25, 0.3) is 22.0 Å². The third-order valence-electron chi connectivity index (χ3n) is 6.57. The Hall–Kier alpha value is -2.15. The van der Waals surface area contributed by atoms with E-state index in [0.29, 0.717) is 0 Å². The Morgan fingerprint density at radius 1 is 0.889 bits per heavy atom. The zero-order valence-corrected chi connectivity index (χ0v) is 17.5. The van der Waals surface area contributed by atoms with Crippen molar-refractivity contribution in [2.75, 3.05) is 0 Å². The molecule has 1 fully saturated rings. The third-order valence-corrected chi connectivity index (χ3v) is 6.57. The largest absolute Gasteiger partial charge is 0.220 e. The van der Waals surface area contributed by atoms with Gasteiger partial charge in [0.15, 0.2) is 6.20 Å². The number of benzene rings is 2. The highest BCUT2D eigenvalue weighted by molar-refractivity contribution is 5.96. The van der Waals surface area contributed by atoms with Crippen LogP contribution in [-0.2, 0) is 13.5 Å². The molecule has 27 heavy (non-hydrogen) atoms. The number of pyridine rings is 1. The van der Waals surface area contributed by atoms with Crippen LogP contribution in [0.3, 0.4) is 0 Å². The average Bonchev–Trinajstić information content (AvgIpc) is 3.12. The van der Waals surface area contributed by atoms with E-state index in [1.165, 1.54) is 82.0 Å². The van der Waals surface area contributed by atoms with Crippen molar-refractivity contribution < 1.29 is 4.57 Å². The molecule has 1 saturated carbocycles. The van der Waals surface area contributed by atoms with Crippen molar-refractivity contribution in [3.8, 4) is 11.3 Å². The molecule has 0 amide bonds. The summed E-state index contributed by atoms with van der Waals surface area (Å²) in [6, 6.07) is 11.8. The molecule has 0 aliphatic heterocycles. The molecule has 3 aromatic rings. The average molecular weight is 359 g/mol. The predicted molar refractivity (Wildman–Crippen MR) is 115 cm³/mol. The van der Waals surface area contributed by atoms with Crippen LogP contribution in [0.15, 0.2) is 36.5 Å². The summed E-state index contributed by atoms with van der Waals surface area (Å²) in [6.07, 6.45) is 9.20. The number of fused-ring (bicyclic) bond motifs is 1. The van der Waals surface area contributed by atoms with Crippen molar-refractivity contribution in [3.63, 3.8) is 0 Å². The Balaban J connectivity index is 1.88. The van der Waals surface area contributed by atoms with Gasteiger partial charge < -0.3 is 0 Å². The normalized spacial score (nSPS) is 15.0. The summed E-state index contributed by atoms with van der Waals surface area (Å²) in [6.45, 7) is 8.93. The van der Waals surface area contributed by atoms with Gasteiger partial charge in [-0.05, 0) is 74.2 Å². The van der Waals surface area contributed by atoms with E-state index < -0.39 is 0 Å². The molecule has 4 rings (SSSR count). The first-order valence-corrected chi connectivity index (χ1v) is 10.4. The van der Waals surface area contributed by atoms with Crippen LogP contribution in [0, 0.1) is 33.6 Å². The molecule has 140 valence electrons. The smallest absolute Gasteiger partial charge is 0.200 e. The van der Waals surface area contributed by atoms with Crippen LogP contribution >= 0.6 is 0 Å². The lowest BCUT2D eigenvalue weighted by Crippen LogP contribution is -2.31. The molecule has 1 aliphatic carbocycles. The standard InChI is InChI=1S/C26H32N/c1-17-12-18(2)20(4)25(13-17)26-23-11-10-22(14-21-8-6-7-9-21)15-24(23)19(3)16-27(26)5/h10-13,15-16,21H,6-9,14H2,1-5H3/q+1. The molecule has 2 aromatic carbocycles. The summed E-state index contributed by atoms with van der Waals surface area (Å²) in [7, 11) is 2.19. The van der Waals surface area contributed by atoms with Crippen molar-refractivity contribution in [2.24, 2.45) is 13.0 Å². The highest BCUT2D eigenvalue weighted by atomic mass is 14.9. The van der Waals surface area contributed by atoms with Gasteiger partial charge in [0.2, 0.25) is 5.69 Å². The molecule has 0 unspecified atom stereocenters. The molecular weight excluding hydrogens is 326 g/mol. The Labute approximate surface area is 164 Å². The number of aromatic nitrogens is 1. The number of aryl methyl sites for hydroxylation is 4. The highest BCUT2D eigenvalue weighted by Crippen LogP contribution is 2.34. The second-order valence-electron chi connectivity index (χ2n) is 8.76. The van der Waals surface area contributed by atoms with Crippen molar-refractivity contribution in [3.05, 3.63) is 64.3 Å². The van der Waals surface area contributed by atoms with Crippen molar-refractivity contribution >= 4 is 10.8 Å². The minimum absolute atomic E-state index is 0.892. The van der Waals surface area contributed by atoms with Crippen molar-refractivity contribution in [1.29, 1.82) is 0 Å². The monoisotopic (exact) mass is 358 g/mol. The van der Waals surface area contributed by atoms with E-state index in [2.05, 4.69) is 75.8 Å². The second kappa shape index (κ2) is 7.11. The van der Waals surface area contributed by atoms with Crippen LogP contribution in [0.4, 0.5) is 0 Å². The van der Waals surface area contributed by atoms with Gasteiger partial charge in [-0.1, -0.05) is 49.4 Å². The minimum atomic E-state index is 0.892. The summed E-state index contributed by atoms with van der Waals surface area (Å²) in [5.41, 5.74) is 9.67. The maximum Gasteiger partial charge on any atom is 0.220 e. The zero-order valence-electron chi connectivity index (χ0n) is 17.5. The fraction of sp³-hybridized carbons (Fsp3) is 0.423. The fourth-order valence-corrected chi connectivity index (χ4v) is 5.03. The van der Waals surface area contributed by atoms with Crippen LogP contribution in [0.2, 0.25) is 0 Å². The maximum atomic E-state index is 2.46. The SMILES string of the molecule is Cc1cc(C)c(C)c(-c2c3ccc(CC4CCCC4)cc3c(C)c[n+]2C)c1. The van der Waals surface area contributed by atoms with Crippen LogP contribution in [0.1, 0.15) is 53.5 Å². The summed E-state index contributed by atoms with van der Waals surface area (Å²) in [5.74, 6) is 0.892. The van der Waals surface area contributed by atoms with Gasteiger partial charge in [-0.15, -0.1) is 0 Å². The first kappa shape index (κ1) is 18.2. The lowest BCUT2D eigenvalue weighted by atomic mass is 9.91. The second-order valence-corrected chi connectivity index (χ2v) is 8.76. The fourth-order valence-electron chi connectivity index (χ4n) is 5.03. The predicted octanol–water partition coefficient (Wildman–Crippen LogP) is 6.30. The lowest BCUT2D eigenvalue weighted by molar-refractivity contribution is -0.659. The van der Waals surface area contributed by atoms with E-state index in [4.69, 9.17) is 0 Å². The Morgan fingerprint density at radius 3 is 2.37 bits per heavy atom. The van der Waals surface area contributed by atoms with Crippen LogP contribution in [-0.4, -0.2) is 0 Å². The van der Waals surface area contributed by atoms with E-state index in [9.17, 15) is 0 Å². The molecule has 1 aliphatic rings. The number of hydrogen-bond donors (Lipinski definition) is 0. The van der Waals surface area contributed by atoms with Crippen molar-refractivity contribution in [1.82, 2.24) is 0 Å². The zero-order chi connectivity index (χ0) is 19.1. The van der Waals surface area contributed by atoms with Crippen molar-refractivity contribution in [2.45, 2.75) is 59.8 Å². The molecule has 0 atom stereocenters.